The molecule has 0 spiro atoms. The predicted molar refractivity (Wildman–Crippen MR) is 122 cm³/mol. The molecule has 0 heterocycles. The first-order chi connectivity index (χ1) is 15.1. The Morgan fingerprint density at radius 3 is 2.42 bits per heavy atom. The van der Waals surface area contributed by atoms with Gasteiger partial charge in [-0.15, -0.1) is 11.6 Å². The Kier molecular flexibility index (Phi) is 5.95. The molecule has 4 aliphatic rings. The van der Waals surface area contributed by atoms with E-state index in [0.29, 0.717) is 30.8 Å². The topological polar surface area (TPSA) is 44.8 Å². The smallest absolute Gasteiger partial charge is 0.395 e. The summed E-state index contributed by atoms with van der Waals surface area (Å²) in [6.07, 6.45) is 5.60. The van der Waals surface area contributed by atoms with Crippen LogP contribution in [0.25, 0.3) is 5.76 Å². The highest BCUT2D eigenvalue weighted by Gasteiger charge is 2.53. The number of ether oxygens (including phenoxy) is 2. The molecule has 2 atom stereocenters. The van der Waals surface area contributed by atoms with Crippen LogP contribution >= 0.6 is 20.3 Å². The van der Waals surface area contributed by atoms with Crippen LogP contribution in [0.2, 0.25) is 0 Å². The van der Waals surface area contributed by atoms with Gasteiger partial charge in [-0.3, -0.25) is 0 Å². The van der Waals surface area contributed by atoms with Crippen LogP contribution in [0.5, 0.6) is 11.5 Å². The number of halogens is 1. The quantitative estimate of drug-likeness (QED) is 0.187. The van der Waals surface area contributed by atoms with Gasteiger partial charge in [0.1, 0.15) is 30.5 Å². The monoisotopic (exact) mass is 456 g/mol. The molecule has 4 bridgehead atoms. The fourth-order valence-electron chi connectivity index (χ4n) is 5.95. The highest BCUT2D eigenvalue weighted by atomic mass is 35.5. The Morgan fingerprint density at radius 2 is 1.71 bits per heavy atom. The molecule has 4 fully saturated rings. The number of hydrogen-bond donors (Lipinski definition) is 0. The van der Waals surface area contributed by atoms with Gasteiger partial charge in [-0.05, 0) is 79.7 Å². The van der Waals surface area contributed by atoms with E-state index in [1.54, 1.807) is 6.07 Å². The molecule has 0 N–H and O–H groups in total. The summed E-state index contributed by atoms with van der Waals surface area (Å²) in [5.41, 5.74) is 2.37. The Morgan fingerprint density at radius 1 is 0.968 bits per heavy atom. The molecule has 0 aliphatic heterocycles. The van der Waals surface area contributed by atoms with E-state index in [1.807, 2.05) is 48.5 Å². The molecular formula is C25H26ClO4P. The first-order valence-electron chi connectivity index (χ1n) is 11.0. The molecule has 2 unspecified atom stereocenters. The van der Waals surface area contributed by atoms with E-state index >= 15 is 0 Å². The van der Waals surface area contributed by atoms with Crippen LogP contribution in [0, 0.1) is 17.8 Å². The zero-order valence-corrected chi connectivity index (χ0v) is 19.0. The molecule has 4 nitrogen and oxygen atoms in total. The lowest BCUT2D eigenvalue weighted by Gasteiger charge is -2.55. The van der Waals surface area contributed by atoms with Gasteiger partial charge in [0, 0.05) is 10.4 Å². The third kappa shape index (κ3) is 4.47. The van der Waals surface area contributed by atoms with Gasteiger partial charge in [-0.1, -0.05) is 30.3 Å². The van der Waals surface area contributed by atoms with Gasteiger partial charge in [-0.25, -0.2) is 4.57 Å². The molecule has 2 aromatic rings. The highest BCUT2D eigenvalue weighted by molar-refractivity contribution is 7.17. The van der Waals surface area contributed by atoms with Crippen molar-refractivity contribution < 1.29 is 18.6 Å². The van der Waals surface area contributed by atoms with E-state index in [2.05, 4.69) is 0 Å². The van der Waals surface area contributed by atoms with E-state index in [1.165, 1.54) is 18.4 Å². The van der Waals surface area contributed by atoms with Crippen LogP contribution in [0.3, 0.4) is 0 Å². The second-order valence-electron chi connectivity index (χ2n) is 8.98. The van der Waals surface area contributed by atoms with E-state index in [9.17, 15) is 4.57 Å². The average Bonchev–Trinajstić information content (AvgIpc) is 2.75. The van der Waals surface area contributed by atoms with Crippen molar-refractivity contribution in [2.45, 2.75) is 37.0 Å². The van der Waals surface area contributed by atoms with Gasteiger partial charge in [0.25, 0.3) is 0 Å². The second kappa shape index (κ2) is 8.84. The highest BCUT2D eigenvalue weighted by Crippen LogP contribution is 2.61. The maximum absolute atomic E-state index is 10.9. The standard InChI is InChI=1S/C25H26ClO4P/c26-25-14-17-11-19(15-25)23(20(12-17)16-25)24(18-5-4-8-22(13-18)30-31-27)29-10-9-28-21-6-2-1-3-7-21/h1-8,13,17,19-20H,9-12,14-16H2. The Bertz CT molecular complexity index is 958. The van der Waals surface area contributed by atoms with Crippen molar-refractivity contribution in [1.82, 2.24) is 0 Å². The van der Waals surface area contributed by atoms with Crippen molar-refractivity contribution >= 4 is 26.0 Å². The lowest BCUT2D eigenvalue weighted by Crippen LogP contribution is -2.49. The Balaban J connectivity index is 1.41. The average molecular weight is 457 g/mol. The molecular weight excluding hydrogens is 431 g/mol. The fraction of sp³-hybridized carbons (Fsp3) is 0.440. The van der Waals surface area contributed by atoms with Crippen LogP contribution in [0.4, 0.5) is 0 Å². The summed E-state index contributed by atoms with van der Waals surface area (Å²) in [7, 11) is -0.360. The summed E-state index contributed by atoms with van der Waals surface area (Å²) in [6, 6.07) is 17.4. The second-order valence-corrected chi connectivity index (χ2v) is 10.1. The molecule has 4 aliphatic carbocycles. The summed E-state index contributed by atoms with van der Waals surface area (Å²) in [4.78, 5) is -0.0338. The van der Waals surface area contributed by atoms with Gasteiger partial charge in [0.15, 0.2) is 0 Å². The van der Waals surface area contributed by atoms with Crippen molar-refractivity contribution in [2.75, 3.05) is 13.2 Å². The minimum atomic E-state index is -0.360. The third-order valence-corrected chi connectivity index (χ3v) is 7.59. The molecule has 31 heavy (non-hydrogen) atoms. The van der Waals surface area contributed by atoms with Gasteiger partial charge in [-0.2, -0.15) is 0 Å². The predicted octanol–water partition coefficient (Wildman–Crippen LogP) is 6.90. The SMILES string of the molecule is O=POc1cccc(C(OCCOc2ccccc2)=C2C3CC4CC2CC(Cl)(C4)C3)c1. The molecule has 6 heteroatoms. The first-order valence-corrected chi connectivity index (χ1v) is 12.1. The summed E-state index contributed by atoms with van der Waals surface area (Å²) < 4.78 is 28.4. The van der Waals surface area contributed by atoms with Gasteiger partial charge >= 0.3 is 8.69 Å². The van der Waals surface area contributed by atoms with Crippen molar-refractivity contribution in [3.63, 3.8) is 0 Å². The van der Waals surface area contributed by atoms with E-state index in [-0.39, 0.29) is 13.6 Å². The van der Waals surface area contributed by atoms with E-state index in [4.69, 9.17) is 25.6 Å². The molecule has 0 aromatic heterocycles. The van der Waals surface area contributed by atoms with E-state index < -0.39 is 0 Å². The van der Waals surface area contributed by atoms with E-state index in [0.717, 1.165) is 42.3 Å². The lowest BCUT2D eigenvalue weighted by atomic mass is 9.53. The summed E-state index contributed by atoms with van der Waals surface area (Å²) >= 11 is 6.97. The maximum Gasteiger partial charge on any atom is 0.395 e. The normalized spacial score (nSPS) is 28.5. The van der Waals surface area contributed by atoms with Crippen molar-refractivity contribution in [1.29, 1.82) is 0 Å². The molecule has 162 valence electrons. The first kappa shape index (κ1) is 20.8. The van der Waals surface area contributed by atoms with Crippen LogP contribution in [-0.2, 0) is 9.30 Å². The lowest BCUT2D eigenvalue weighted by molar-refractivity contribution is 0.0820. The minimum absolute atomic E-state index is 0.0338. The zero-order chi connectivity index (χ0) is 21.3. The van der Waals surface area contributed by atoms with Crippen LogP contribution in [0.1, 0.15) is 37.7 Å². The molecule has 0 radical (unpaired) electrons. The molecule has 0 saturated heterocycles. The molecule has 0 amide bonds. The number of para-hydroxylation sites is 1. The Hall–Kier alpha value is -2.03. The molecule has 4 saturated carbocycles. The number of alkyl halides is 1. The van der Waals surface area contributed by atoms with Gasteiger partial charge in [0.2, 0.25) is 0 Å². The van der Waals surface area contributed by atoms with Gasteiger partial charge < -0.3 is 14.0 Å². The van der Waals surface area contributed by atoms with Crippen molar-refractivity contribution in [3.8, 4) is 11.5 Å². The van der Waals surface area contributed by atoms with Crippen LogP contribution in [-0.4, -0.2) is 18.1 Å². The Labute approximate surface area is 189 Å². The largest absolute Gasteiger partial charge is 0.490 e. The zero-order valence-electron chi connectivity index (χ0n) is 17.3. The summed E-state index contributed by atoms with van der Waals surface area (Å²) in [5.74, 6) is 4.00. The number of rotatable bonds is 8. The molecule has 2 aromatic carbocycles. The van der Waals surface area contributed by atoms with Crippen LogP contribution < -0.4 is 9.26 Å². The summed E-state index contributed by atoms with van der Waals surface area (Å²) in [6.45, 7) is 0.918. The number of hydrogen-bond acceptors (Lipinski definition) is 4. The third-order valence-electron chi connectivity index (χ3n) is 6.84. The maximum atomic E-state index is 10.9. The fourth-order valence-corrected chi connectivity index (χ4v) is 6.74. The number of benzene rings is 2. The summed E-state index contributed by atoms with van der Waals surface area (Å²) in [5, 5.41) is 0. The van der Waals surface area contributed by atoms with Crippen molar-refractivity contribution in [2.24, 2.45) is 17.8 Å². The van der Waals surface area contributed by atoms with Crippen LogP contribution in [0.15, 0.2) is 60.2 Å². The minimum Gasteiger partial charge on any atom is -0.490 e. The van der Waals surface area contributed by atoms with Crippen molar-refractivity contribution in [3.05, 3.63) is 65.7 Å². The number of allylic oxidation sites excluding steroid dienone is 1. The van der Waals surface area contributed by atoms with Gasteiger partial charge in [0.05, 0.1) is 0 Å². The molecule has 6 rings (SSSR count).